The van der Waals surface area contributed by atoms with Gasteiger partial charge in [0.15, 0.2) is 0 Å². The van der Waals surface area contributed by atoms with Gasteiger partial charge in [0.25, 0.3) is 0 Å². The molecule has 1 saturated heterocycles. The molecule has 88 valence electrons. The van der Waals surface area contributed by atoms with Crippen molar-refractivity contribution in [1.29, 1.82) is 0 Å². The van der Waals surface area contributed by atoms with Gasteiger partial charge in [0.1, 0.15) is 0 Å². The minimum absolute atomic E-state index is 0.819. The van der Waals surface area contributed by atoms with Crippen molar-refractivity contribution < 1.29 is 9.47 Å². The van der Waals surface area contributed by atoms with Crippen LogP contribution in [0.2, 0.25) is 0 Å². The van der Waals surface area contributed by atoms with Gasteiger partial charge in [0.2, 0.25) is 0 Å². The Hall–Kier alpha value is -0.120. The molecule has 1 heterocycles. The van der Waals surface area contributed by atoms with Gasteiger partial charge < -0.3 is 9.47 Å². The molecule has 1 rings (SSSR count). The van der Waals surface area contributed by atoms with Gasteiger partial charge in [-0.05, 0) is 13.5 Å². The lowest BCUT2D eigenvalue weighted by Crippen LogP contribution is -2.35. The quantitative estimate of drug-likeness (QED) is 0.688. The summed E-state index contributed by atoms with van der Waals surface area (Å²) in [7, 11) is 1.68. The van der Waals surface area contributed by atoms with Crippen LogP contribution in [0.25, 0.3) is 0 Å². The van der Waals surface area contributed by atoms with Gasteiger partial charge in [-0.2, -0.15) is 0 Å². The zero-order valence-electron chi connectivity index (χ0n) is 10.5. The highest BCUT2D eigenvalue weighted by molar-refractivity contribution is 4.57. The molecule has 1 fully saturated rings. The highest BCUT2D eigenvalue weighted by atomic mass is 16.5. The highest BCUT2D eigenvalue weighted by Crippen LogP contribution is 1.93. The van der Waals surface area contributed by atoms with Crippen molar-refractivity contribution in [3.05, 3.63) is 0 Å². The van der Waals surface area contributed by atoms with E-state index in [2.05, 4.69) is 16.6 Å². The lowest BCUT2D eigenvalue weighted by Gasteiger charge is -2.24. The number of ether oxygens (including phenoxy) is 2. The van der Waals surface area contributed by atoms with Crippen LogP contribution in [0.1, 0.15) is 27.7 Å². The Balaban J connectivity index is 0. The molecule has 0 radical (unpaired) electrons. The highest BCUT2D eigenvalue weighted by Gasteiger charge is 2.05. The molecule has 0 spiro atoms. The number of methoxy groups -OCH3 is 1. The Kier molecular flexibility index (Phi) is 17.9. The molecule has 3 heteroatoms. The topological polar surface area (TPSA) is 21.7 Å². The van der Waals surface area contributed by atoms with Crippen molar-refractivity contribution in [2.24, 2.45) is 0 Å². The van der Waals surface area contributed by atoms with Crippen LogP contribution in [0.15, 0.2) is 0 Å². The summed E-state index contributed by atoms with van der Waals surface area (Å²) in [5.74, 6) is 0. The maximum absolute atomic E-state index is 5.16. The largest absolute Gasteiger partial charge is 0.385 e. The third-order valence-electron chi connectivity index (χ3n) is 1.84. The molecule has 0 aromatic carbocycles. The minimum atomic E-state index is 0.819. The summed E-state index contributed by atoms with van der Waals surface area (Å²) in [6, 6.07) is 0. The SMILES string of the molecule is CC.CCN1CCOCC1.CCOC. The lowest BCUT2D eigenvalue weighted by molar-refractivity contribution is 0.0405. The van der Waals surface area contributed by atoms with Gasteiger partial charge in [-0.25, -0.2) is 0 Å². The second kappa shape index (κ2) is 15.4. The second-order valence-electron chi connectivity index (χ2n) is 2.62. The fraction of sp³-hybridized carbons (Fsp3) is 1.00. The van der Waals surface area contributed by atoms with Crippen molar-refractivity contribution in [2.75, 3.05) is 46.6 Å². The Morgan fingerprint density at radius 2 is 1.57 bits per heavy atom. The van der Waals surface area contributed by atoms with Gasteiger partial charge >= 0.3 is 0 Å². The lowest BCUT2D eigenvalue weighted by atomic mass is 10.4. The third kappa shape index (κ3) is 11.9. The molecule has 0 aromatic heterocycles. The summed E-state index contributed by atoms with van der Waals surface area (Å²) in [6.45, 7) is 14.2. The summed E-state index contributed by atoms with van der Waals surface area (Å²) in [5.41, 5.74) is 0. The number of morpholine rings is 1. The second-order valence-corrected chi connectivity index (χ2v) is 2.62. The Morgan fingerprint density at radius 3 is 1.79 bits per heavy atom. The summed E-state index contributed by atoms with van der Waals surface area (Å²) in [6.07, 6.45) is 0. The van der Waals surface area contributed by atoms with Crippen LogP contribution in [0.5, 0.6) is 0 Å². The van der Waals surface area contributed by atoms with E-state index in [0.29, 0.717) is 0 Å². The van der Waals surface area contributed by atoms with Crippen LogP contribution < -0.4 is 0 Å². The van der Waals surface area contributed by atoms with Crippen molar-refractivity contribution in [1.82, 2.24) is 4.90 Å². The normalized spacial score (nSPS) is 16.1. The van der Waals surface area contributed by atoms with E-state index in [4.69, 9.17) is 4.74 Å². The standard InChI is InChI=1S/C6H13NO.C3H8O.C2H6/c1-2-7-3-5-8-6-4-7;1-3-4-2;1-2/h2-6H2,1H3;3H2,1-2H3;1-2H3. The molecule has 1 aliphatic heterocycles. The van der Waals surface area contributed by atoms with Crippen LogP contribution >= 0.6 is 0 Å². The molecule has 14 heavy (non-hydrogen) atoms. The molecule has 0 saturated carbocycles. The Morgan fingerprint density at radius 1 is 1.14 bits per heavy atom. The van der Waals surface area contributed by atoms with E-state index in [1.807, 2.05) is 20.8 Å². The Bertz CT molecular complexity index is 81.4. The number of hydrogen-bond acceptors (Lipinski definition) is 3. The predicted octanol–water partition coefficient (Wildman–Crippen LogP) is 2.02. The molecular weight excluding hydrogens is 178 g/mol. The number of rotatable bonds is 2. The van der Waals surface area contributed by atoms with Crippen LogP contribution in [-0.4, -0.2) is 51.5 Å². The molecule has 0 amide bonds. The molecule has 0 N–H and O–H groups in total. The van der Waals surface area contributed by atoms with Crippen molar-refractivity contribution in [2.45, 2.75) is 27.7 Å². The van der Waals surface area contributed by atoms with E-state index in [-0.39, 0.29) is 0 Å². The van der Waals surface area contributed by atoms with Crippen LogP contribution in [0.4, 0.5) is 0 Å². The first-order chi connectivity index (χ1) is 6.85. The van der Waals surface area contributed by atoms with Crippen molar-refractivity contribution in [3.63, 3.8) is 0 Å². The number of hydrogen-bond donors (Lipinski definition) is 0. The zero-order chi connectivity index (χ0) is 11.2. The third-order valence-corrected chi connectivity index (χ3v) is 1.84. The van der Waals surface area contributed by atoms with Gasteiger partial charge in [-0.3, -0.25) is 4.90 Å². The summed E-state index contributed by atoms with van der Waals surface area (Å²) in [4.78, 5) is 2.39. The van der Waals surface area contributed by atoms with Gasteiger partial charge in [-0.15, -0.1) is 0 Å². The van der Waals surface area contributed by atoms with E-state index in [1.54, 1.807) is 7.11 Å². The first kappa shape index (κ1) is 16.3. The minimum Gasteiger partial charge on any atom is -0.385 e. The average Bonchev–Trinajstić information content (AvgIpc) is 2.33. The molecule has 0 aromatic rings. The average molecular weight is 205 g/mol. The first-order valence-corrected chi connectivity index (χ1v) is 5.64. The van der Waals surface area contributed by atoms with Gasteiger partial charge in [-0.1, -0.05) is 20.8 Å². The fourth-order valence-corrected chi connectivity index (χ4v) is 0.917. The fourth-order valence-electron chi connectivity index (χ4n) is 0.917. The molecule has 0 aliphatic carbocycles. The van der Waals surface area contributed by atoms with Crippen LogP contribution in [0.3, 0.4) is 0 Å². The summed E-state index contributed by atoms with van der Waals surface area (Å²) >= 11 is 0. The molecule has 0 bridgehead atoms. The maximum Gasteiger partial charge on any atom is 0.0594 e. The number of nitrogens with zero attached hydrogens (tertiary/aromatic N) is 1. The molecule has 0 atom stereocenters. The van der Waals surface area contributed by atoms with E-state index in [0.717, 1.165) is 32.9 Å². The predicted molar refractivity (Wildman–Crippen MR) is 61.8 cm³/mol. The molecule has 1 aliphatic rings. The van der Waals surface area contributed by atoms with E-state index in [1.165, 1.54) is 6.54 Å². The monoisotopic (exact) mass is 205 g/mol. The molecule has 0 unspecified atom stereocenters. The summed E-state index contributed by atoms with van der Waals surface area (Å²) in [5, 5.41) is 0. The van der Waals surface area contributed by atoms with E-state index in [9.17, 15) is 0 Å². The maximum atomic E-state index is 5.16. The number of likely N-dealkylation sites (N-methyl/N-ethyl adjacent to an activating group) is 1. The van der Waals surface area contributed by atoms with Crippen LogP contribution in [-0.2, 0) is 9.47 Å². The molecular formula is C11H27NO2. The van der Waals surface area contributed by atoms with Gasteiger partial charge in [0.05, 0.1) is 13.2 Å². The molecule has 3 nitrogen and oxygen atoms in total. The van der Waals surface area contributed by atoms with E-state index < -0.39 is 0 Å². The smallest absolute Gasteiger partial charge is 0.0594 e. The first-order valence-electron chi connectivity index (χ1n) is 5.64. The zero-order valence-corrected chi connectivity index (χ0v) is 10.5. The van der Waals surface area contributed by atoms with Crippen molar-refractivity contribution >= 4 is 0 Å². The Labute approximate surface area is 89.4 Å². The summed E-state index contributed by atoms with van der Waals surface area (Å²) < 4.78 is 9.70. The van der Waals surface area contributed by atoms with Crippen LogP contribution in [0, 0.1) is 0 Å². The van der Waals surface area contributed by atoms with Gasteiger partial charge in [0, 0.05) is 26.8 Å². The van der Waals surface area contributed by atoms with Crippen molar-refractivity contribution in [3.8, 4) is 0 Å². The van der Waals surface area contributed by atoms with E-state index >= 15 is 0 Å².